The Labute approximate surface area is 173 Å². The Bertz CT molecular complexity index is 915. The highest BCUT2D eigenvalue weighted by molar-refractivity contribution is 7.22. The molecule has 0 aliphatic rings. The number of rotatable bonds is 6. The number of fused-ring (bicyclic) bond motifs is 1. The molecular weight excluding hydrogens is 408 g/mol. The lowest BCUT2D eigenvalue weighted by Gasteiger charge is -2.22. The number of hydrogen-bond donors (Lipinski definition) is 0. The molecule has 0 radical (unpaired) electrons. The summed E-state index contributed by atoms with van der Waals surface area (Å²) in [6.45, 7) is 1.23. The van der Waals surface area contributed by atoms with Crippen molar-refractivity contribution in [3.8, 4) is 0 Å². The topological polar surface area (TPSA) is 36.4 Å². The summed E-state index contributed by atoms with van der Waals surface area (Å²) in [7, 11) is 3.91. The number of aromatic nitrogens is 1. The molecule has 1 amide bonds. The normalized spacial score (nSPS) is 10.9. The predicted molar refractivity (Wildman–Crippen MR) is 113 cm³/mol. The fourth-order valence-corrected chi connectivity index (χ4v) is 3.83. The Morgan fingerprint density at radius 2 is 1.85 bits per heavy atom. The number of amides is 1. The molecule has 2 aromatic carbocycles. The minimum Gasteiger partial charge on any atom is -0.308 e. The van der Waals surface area contributed by atoms with Crippen molar-refractivity contribution in [1.29, 1.82) is 0 Å². The molecule has 0 aliphatic heterocycles. The van der Waals surface area contributed by atoms with Crippen molar-refractivity contribution in [1.82, 2.24) is 9.88 Å². The van der Waals surface area contributed by atoms with Crippen LogP contribution in [0.3, 0.4) is 0 Å². The van der Waals surface area contributed by atoms with E-state index < -0.39 is 0 Å². The zero-order valence-electron chi connectivity index (χ0n) is 15.0. The second-order valence-corrected chi connectivity index (χ2v) is 7.65. The molecule has 0 fully saturated rings. The molecule has 0 aliphatic carbocycles. The number of para-hydroxylation sites is 1. The van der Waals surface area contributed by atoms with E-state index in [1.807, 2.05) is 31.1 Å². The highest BCUT2D eigenvalue weighted by atomic mass is 35.5. The molecule has 3 rings (SSSR count). The van der Waals surface area contributed by atoms with Gasteiger partial charge in [-0.1, -0.05) is 41.1 Å². The standard InChI is InChI=1S/C19H19ClFN3OS.ClH/c1-23(2)10-11-24(17(25)12-13-6-8-14(21)9-7-13)19-22-18-15(20)4-3-5-16(18)26-19;/h3-9H,10-12H2,1-2H3;1H. The number of likely N-dealkylation sites (N-methyl/N-ethyl adjacent to an activating group) is 1. The van der Waals surface area contributed by atoms with E-state index >= 15 is 0 Å². The van der Waals surface area contributed by atoms with Crippen molar-refractivity contribution in [3.05, 3.63) is 58.9 Å². The summed E-state index contributed by atoms with van der Waals surface area (Å²) in [5.74, 6) is -0.389. The number of hydrogen-bond acceptors (Lipinski definition) is 4. The quantitative estimate of drug-likeness (QED) is 0.574. The highest BCUT2D eigenvalue weighted by Gasteiger charge is 2.21. The maximum absolute atomic E-state index is 13.1. The van der Waals surface area contributed by atoms with Gasteiger partial charge in [-0.15, -0.1) is 12.4 Å². The van der Waals surface area contributed by atoms with Crippen LogP contribution in [0.1, 0.15) is 5.56 Å². The van der Waals surface area contributed by atoms with Crippen molar-refractivity contribution in [2.45, 2.75) is 6.42 Å². The van der Waals surface area contributed by atoms with Crippen LogP contribution in [0.15, 0.2) is 42.5 Å². The molecule has 27 heavy (non-hydrogen) atoms. The Balaban J connectivity index is 0.00000261. The van der Waals surface area contributed by atoms with Gasteiger partial charge >= 0.3 is 0 Å². The first-order valence-electron chi connectivity index (χ1n) is 8.18. The van der Waals surface area contributed by atoms with Crippen LogP contribution in [0.5, 0.6) is 0 Å². The third kappa shape index (κ3) is 5.39. The van der Waals surface area contributed by atoms with Crippen molar-refractivity contribution < 1.29 is 9.18 Å². The molecule has 144 valence electrons. The van der Waals surface area contributed by atoms with Crippen LogP contribution in [0, 0.1) is 5.82 Å². The first-order valence-corrected chi connectivity index (χ1v) is 9.38. The Morgan fingerprint density at radius 3 is 2.48 bits per heavy atom. The van der Waals surface area contributed by atoms with E-state index in [0.29, 0.717) is 28.8 Å². The highest BCUT2D eigenvalue weighted by Crippen LogP contribution is 2.33. The van der Waals surface area contributed by atoms with Crippen LogP contribution >= 0.6 is 35.3 Å². The van der Waals surface area contributed by atoms with Crippen LogP contribution in [0.25, 0.3) is 10.2 Å². The molecule has 1 heterocycles. The minimum atomic E-state index is -0.313. The summed E-state index contributed by atoms with van der Waals surface area (Å²) in [6.07, 6.45) is 0.192. The molecule has 0 unspecified atom stereocenters. The van der Waals surface area contributed by atoms with Gasteiger partial charge in [-0.2, -0.15) is 0 Å². The van der Waals surface area contributed by atoms with E-state index in [2.05, 4.69) is 4.98 Å². The summed E-state index contributed by atoms with van der Waals surface area (Å²) in [6, 6.07) is 11.6. The number of thiazole rings is 1. The average Bonchev–Trinajstić information content (AvgIpc) is 3.02. The van der Waals surface area contributed by atoms with E-state index in [9.17, 15) is 9.18 Å². The Kier molecular flexibility index (Phi) is 7.56. The Hall–Kier alpha value is -1.73. The van der Waals surface area contributed by atoms with Crippen molar-refractivity contribution in [2.75, 3.05) is 32.1 Å². The molecule has 4 nitrogen and oxygen atoms in total. The molecule has 0 atom stereocenters. The number of benzene rings is 2. The molecule has 0 saturated heterocycles. The van der Waals surface area contributed by atoms with Crippen LogP contribution in [0.2, 0.25) is 5.02 Å². The van der Waals surface area contributed by atoms with Gasteiger partial charge in [0.25, 0.3) is 0 Å². The number of nitrogens with zero attached hydrogens (tertiary/aromatic N) is 3. The van der Waals surface area contributed by atoms with Gasteiger partial charge in [-0.3, -0.25) is 9.69 Å². The molecule has 0 spiro atoms. The first-order chi connectivity index (χ1) is 12.4. The predicted octanol–water partition coefficient (Wildman–Crippen LogP) is 4.65. The molecule has 3 aromatic rings. The van der Waals surface area contributed by atoms with Crippen LogP contribution in [-0.2, 0) is 11.2 Å². The minimum absolute atomic E-state index is 0. The van der Waals surface area contributed by atoms with E-state index in [0.717, 1.165) is 10.3 Å². The second-order valence-electron chi connectivity index (χ2n) is 6.23. The van der Waals surface area contributed by atoms with E-state index in [1.165, 1.54) is 23.5 Å². The van der Waals surface area contributed by atoms with Gasteiger partial charge in [0, 0.05) is 13.1 Å². The smallest absolute Gasteiger partial charge is 0.233 e. The summed E-state index contributed by atoms with van der Waals surface area (Å²) in [5, 5.41) is 1.20. The van der Waals surface area contributed by atoms with Gasteiger partial charge in [0.15, 0.2) is 5.13 Å². The number of anilines is 1. The van der Waals surface area contributed by atoms with Crippen LogP contribution < -0.4 is 4.90 Å². The third-order valence-corrected chi connectivity index (χ3v) is 5.28. The molecule has 0 saturated carbocycles. The fourth-order valence-electron chi connectivity index (χ4n) is 2.52. The maximum atomic E-state index is 13.1. The van der Waals surface area contributed by atoms with E-state index in [4.69, 9.17) is 11.6 Å². The first kappa shape index (κ1) is 21.6. The molecule has 8 heteroatoms. The summed E-state index contributed by atoms with van der Waals surface area (Å²) in [5.41, 5.74) is 1.48. The van der Waals surface area contributed by atoms with Crippen molar-refractivity contribution in [2.24, 2.45) is 0 Å². The summed E-state index contributed by atoms with van der Waals surface area (Å²) >= 11 is 7.67. The largest absolute Gasteiger partial charge is 0.308 e. The number of carbonyl (C=O) groups is 1. The van der Waals surface area contributed by atoms with Gasteiger partial charge < -0.3 is 4.90 Å². The fraction of sp³-hybridized carbons (Fsp3) is 0.263. The summed E-state index contributed by atoms with van der Waals surface area (Å²) in [4.78, 5) is 21.2. The zero-order valence-corrected chi connectivity index (χ0v) is 17.4. The monoisotopic (exact) mass is 427 g/mol. The van der Waals surface area contributed by atoms with Gasteiger partial charge in [-0.25, -0.2) is 9.37 Å². The molecule has 0 bridgehead atoms. The van der Waals surface area contributed by atoms with Crippen LogP contribution in [0.4, 0.5) is 9.52 Å². The number of halogens is 3. The van der Waals surface area contributed by atoms with Crippen molar-refractivity contribution in [3.63, 3.8) is 0 Å². The average molecular weight is 428 g/mol. The third-order valence-electron chi connectivity index (χ3n) is 3.93. The molecule has 1 aromatic heterocycles. The van der Waals surface area contributed by atoms with Gasteiger partial charge in [0.05, 0.1) is 16.1 Å². The SMILES string of the molecule is CN(C)CCN(C(=O)Cc1ccc(F)cc1)c1nc2c(Cl)cccc2s1.Cl. The van der Waals surface area contributed by atoms with E-state index in [-0.39, 0.29) is 30.6 Å². The lowest BCUT2D eigenvalue weighted by molar-refractivity contribution is -0.118. The molecule has 0 N–H and O–H groups in total. The molecular formula is C19H20Cl2FN3OS. The lowest BCUT2D eigenvalue weighted by atomic mass is 10.1. The zero-order chi connectivity index (χ0) is 18.7. The number of carbonyl (C=O) groups excluding carboxylic acids is 1. The maximum Gasteiger partial charge on any atom is 0.233 e. The summed E-state index contributed by atoms with van der Waals surface area (Å²) < 4.78 is 14.0. The van der Waals surface area contributed by atoms with E-state index in [1.54, 1.807) is 23.1 Å². The van der Waals surface area contributed by atoms with Gasteiger partial charge in [0.1, 0.15) is 11.3 Å². The van der Waals surface area contributed by atoms with Gasteiger partial charge in [0.2, 0.25) is 5.91 Å². The lowest BCUT2D eigenvalue weighted by Crippen LogP contribution is -2.37. The van der Waals surface area contributed by atoms with Gasteiger partial charge in [-0.05, 0) is 43.9 Å². The van der Waals surface area contributed by atoms with Crippen molar-refractivity contribution >= 4 is 56.6 Å². The Morgan fingerprint density at radius 1 is 1.15 bits per heavy atom. The van der Waals surface area contributed by atoms with Crippen LogP contribution in [-0.4, -0.2) is 43.0 Å². The second kappa shape index (κ2) is 9.46.